The van der Waals surface area contributed by atoms with Gasteiger partial charge in [0.1, 0.15) is 5.54 Å². The quantitative estimate of drug-likeness (QED) is 0.472. The zero-order valence-electron chi connectivity index (χ0n) is 17.3. The Morgan fingerprint density at radius 1 is 0.903 bits per heavy atom. The molecule has 1 unspecified atom stereocenters. The van der Waals surface area contributed by atoms with Crippen LogP contribution in [-0.4, -0.2) is 24.5 Å². The average Bonchev–Trinajstić information content (AvgIpc) is 2.79. The summed E-state index contributed by atoms with van der Waals surface area (Å²) in [5.41, 5.74) is 1.75. The van der Waals surface area contributed by atoms with E-state index >= 15 is 0 Å². The lowest BCUT2D eigenvalue weighted by Crippen LogP contribution is -2.54. The highest BCUT2D eigenvalue weighted by Gasteiger charge is 2.36. The van der Waals surface area contributed by atoms with Gasteiger partial charge in [0.25, 0.3) is 5.91 Å². The minimum absolute atomic E-state index is 0.267. The average molecular weight is 432 g/mol. The summed E-state index contributed by atoms with van der Waals surface area (Å²) in [5.74, 6) is 5.26. The third kappa shape index (κ3) is 5.97. The van der Waals surface area contributed by atoms with Crippen LogP contribution in [-0.2, 0) is 16.0 Å². The number of hydrogen-bond donors (Lipinski definition) is 1. The van der Waals surface area contributed by atoms with E-state index in [1.807, 2.05) is 42.5 Å². The van der Waals surface area contributed by atoms with E-state index in [-0.39, 0.29) is 12.3 Å². The molecule has 4 nitrogen and oxygen atoms in total. The van der Waals surface area contributed by atoms with E-state index in [2.05, 4.69) is 17.2 Å². The van der Waals surface area contributed by atoms with Crippen LogP contribution in [0.1, 0.15) is 34.0 Å². The lowest BCUT2D eigenvalue weighted by molar-refractivity contribution is -0.147. The van der Waals surface area contributed by atoms with Gasteiger partial charge in [-0.15, -0.1) is 0 Å². The number of nitrogens with one attached hydrogen (secondary N) is 1. The van der Waals surface area contributed by atoms with Gasteiger partial charge in [0, 0.05) is 28.1 Å². The molecule has 0 aromatic heterocycles. The molecule has 0 saturated heterocycles. The van der Waals surface area contributed by atoms with E-state index in [0.717, 1.165) is 16.7 Å². The molecule has 1 amide bonds. The van der Waals surface area contributed by atoms with Crippen molar-refractivity contribution in [3.05, 3.63) is 106 Å². The molecule has 0 saturated carbocycles. The van der Waals surface area contributed by atoms with Crippen LogP contribution in [0.15, 0.2) is 78.9 Å². The van der Waals surface area contributed by atoms with Gasteiger partial charge in [-0.05, 0) is 61.0 Å². The standard InChI is InChI=1S/C26H22ClNO3/c1-26(25(30)31-2,18-21-12-16-23(27)17-13-21)28-24(29)22-14-10-20(11-15-22)9-8-19-6-4-3-5-7-19/h3-7,10-17H,18H2,1-2H3,(H,28,29). The third-order valence-corrected chi connectivity index (χ3v) is 5.02. The minimum Gasteiger partial charge on any atom is -0.467 e. The van der Waals surface area contributed by atoms with Gasteiger partial charge in [-0.2, -0.15) is 0 Å². The van der Waals surface area contributed by atoms with Gasteiger partial charge in [0.2, 0.25) is 0 Å². The van der Waals surface area contributed by atoms with Crippen molar-refractivity contribution in [1.29, 1.82) is 0 Å². The number of carbonyl (C=O) groups is 2. The summed E-state index contributed by atoms with van der Waals surface area (Å²) in [5, 5.41) is 3.42. The van der Waals surface area contributed by atoms with E-state index in [0.29, 0.717) is 10.6 Å². The minimum atomic E-state index is -1.23. The molecule has 1 N–H and O–H groups in total. The molecule has 0 aliphatic heterocycles. The topological polar surface area (TPSA) is 55.4 Å². The van der Waals surface area contributed by atoms with Crippen molar-refractivity contribution in [1.82, 2.24) is 5.32 Å². The van der Waals surface area contributed by atoms with Crippen LogP contribution in [0.2, 0.25) is 5.02 Å². The van der Waals surface area contributed by atoms with Crippen molar-refractivity contribution < 1.29 is 14.3 Å². The van der Waals surface area contributed by atoms with Gasteiger partial charge in [-0.25, -0.2) is 4.79 Å². The Morgan fingerprint density at radius 3 is 2.06 bits per heavy atom. The van der Waals surface area contributed by atoms with Crippen molar-refractivity contribution in [2.24, 2.45) is 0 Å². The molecular weight excluding hydrogens is 410 g/mol. The number of benzene rings is 3. The molecule has 0 aliphatic rings. The predicted molar refractivity (Wildman–Crippen MR) is 122 cm³/mol. The molecule has 3 rings (SSSR count). The number of ether oxygens (including phenoxy) is 1. The predicted octanol–water partition coefficient (Wildman–Crippen LogP) is 4.64. The summed E-state index contributed by atoms with van der Waals surface area (Å²) in [7, 11) is 1.30. The van der Waals surface area contributed by atoms with Crippen molar-refractivity contribution >= 4 is 23.5 Å². The zero-order chi connectivity index (χ0) is 22.3. The van der Waals surface area contributed by atoms with Gasteiger partial charge < -0.3 is 10.1 Å². The number of esters is 1. The lowest BCUT2D eigenvalue weighted by atomic mass is 9.92. The van der Waals surface area contributed by atoms with Crippen LogP contribution in [0, 0.1) is 11.8 Å². The second kappa shape index (κ2) is 9.97. The molecule has 0 aliphatic carbocycles. The van der Waals surface area contributed by atoms with E-state index in [4.69, 9.17) is 16.3 Å². The Balaban J connectivity index is 1.74. The highest BCUT2D eigenvalue weighted by atomic mass is 35.5. The molecule has 3 aromatic carbocycles. The van der Waals surface area contributed by atoms with E-state index in [1.165, 1.54) is 7.11 Å². The first-order valence-corrected chi connectivity index (χ1v) is 10.1. The second-order valence-electron chi connectivity index (χ2n) is 7.27. The molecule has 31 heavy (non-hydrogen) atoms. The number of halogens is 1. The molecule has 0 heterocycles. The fraction of sp³-hybridized carbons (Fsp3) is 0.154. The van der Waals surface area contributed by atoms with Gasteiger partial charge in [-0.3, -0.25) is 4.79 Å². The molecule has 0 fully saturated rings. The summed E-state index contributed by atoms with van der Waals surface area (Å²) in [6, 6.07) is 23.7. The highest BCUT2D eigenvalue weighted by molar-refractivity contribution is 6.30. The van der Waals surface area contributed by atoms with Gasteiger partial charge in [0.05, 0.1) is 7.11 Å². The number of rotatable bonds is 5. The number of amides is 1. The van der Waals surface area contributed by atoms with E-state index in [9.17, 15) is 9.59 Å². The van der Waals surface area contributed by atoms with Crippen LogP contribution in [0.5, 0.6) is 0 Å². The third-order valence-electron chi connectivity index (χ3n) is 4.77. The molecule has 0 bridgehead atoms. The van der Waals surface area contributed by atoms with Crippen molar-refractivity contribution in [3.8, 4) is 11.8 Å². The molecule has 5 heteroatoms. The van der Waals surface area contributed by atoms with Crippen LogP contribution in [0.4, 0.5) is 0 Å². The Hall–Kier alpha value is -3.55. The second-order valence-corrected chi connectivity index (χ2v) is 7.71. The number of methoxy groups -OCH3 is 1. The molecular formula is C26H22ClNO3. The molecule has 1 atom stereocenters. The molecule has 0 spiro atoms. The van der Waals surface area contributed by atoms with Gasteiger partial charge >= 0.3 is 5.97 Å². The maximum Gasteiger partial charge on any atom is 0.331 e. The first kappa shape index (κ1) is 22.1. The maximum absolute atomic E-state index is 12.8. The molecule has 3 aromatic rings. The largest absolute Gasteiger partial charge is 0.467 e. The highest BCUT2D eigenvalue weighted by Crippen LogP contribution is 2.19. The van der Waals surface area contributed by atoms with E-state index in [1.54, 1.807) is 43.3 Å². The normalized spacial score (nSPS) is 12.1. The number of hydrogen-bond acceptors (Lipinski definition) is 3. The SMILES string of the molecule is COC(=O)C(C)(Cc1ccc(Cl)cc1)NC(=O)c1ccc(C#Cc2ccccc2)cc1. The van der Waals surface area contributed by atoms with Crippen LogP contribution >= 0.6 is 11.6 Å². The maximum atomic E-state index is 12.8. The van der Waals surface area contributed by atoms with E-state index < -0.39 is 11.5 Å². The van der Waals surface area contributed by atoms with Crippen molar-refractivity contribution in [2.75, 3.05) is 7.11 Å². The first-order valence-electron chi connectivity index (χ1n) is 9.72. The summed E-state index contributed by atoms with van der Waals surface area (Å²) >= 11 is 5.94. The summed E-state index contributed by atoms with van der Waals surface area (Å²) in [6.45, 7) is 1.64. The van der Waals surface area contributed by atoms with Gasteiger partial charge in [0.15, 0.2) is 0 Å². The Morgan fingerprint density at radius 2 is 1.48 bits per heavy atom. The summed E-state index contributed by atoms with van der Waals surface area (Å²) < 4.78 is 4.94. The monoisotopic (exact) mass is 431 g/mol. The molecule has 0 radical (unpaired) electrons. The Kier molecular flexibility index (Phi) is 7.12. The first-order chi connectivity index (χ1) is 14.9. The fourth-order valence-electron chi connectivity index (χ4n) is 3.10. The zero-order valence-corrected chi connectivity index (χ0v) is 18.1. The number of carbonyl (C=O) groups excluding carboxylic acids is 2. The lowest BCUT2D eigenvalue weighted by Gasteiger charge is -2.28. The van der Waals surface area contributed by atoms with Crippen LogP contribution < -0.4 is 5.32 Å². The van der Waals surface area contributed by atoms with Crippen LogP contribution in [0.25, 0.3) is 0 Å². The van der Waals surface area contributed by atoms with Crippen molar-refractivity contribution in [2.45, 2.75) is 18.9 Å². The smallest absolute Gasteiger partial charge is 0.331 e. The summed E-state index contributed by atoms with van der Waals surface area (Å²) in [6.07, 6.45) is 0.267. The van der Waals surface area contributed by atoms with Gasteiger partial charge in [-0.1, -0.05) is 53.8 Å². The summed E-state index contributed by atoms with van der Waals surface area (Å²) in [4.78, 5) is 25.3. The Bertz CT molecular complexity index is 1110. The Labute approximate surface area is 187 Å². The molecule has 156 valence electrons. The fourth-order valence-corrected chi connectivity index (χ4v) is 3.22. The van der Waals surface area contributed by atoms with Crippen LogP contribution in [0.3, 0.4) is 0 Å². The van der Waals surface area contributed by atoms with Crippen molar-refractivity contribution in [3.63, 3.8) is 0 Å².